The summed E-state index contributed by atoms with van der Waals surface area (Å²) in [5.41, 5.74) is 1.12. The van der Waals surface area contributed by atoms with Gasteiger partial charge in [-0.25, -0.2) is 0 Å². The zero-order chi connectivity index (χ0) is 25.1. The molecule has 1 aliphatic heterocycles. The fraction of sp³-hybridized carbons (Fsp3) is 0.370. The highest BCUT2D eigenvalue weighted by Gasteiger charge is 2.49. The number of fused-ring (bicyclic) bond motifs is 1. The van der Waals surface area contributed by atoms with Crippen LogP contribution in [0.1, 0.15) is 53.2 Å². The number of carbonyl (C=O) groups excluding carboxylic acids is 1. The first-order chi connectivity index (χ1) is 15.7. The molecule has 0 aromatic heterocycles. The lowest BCUT2D eigenvalue weighted by molar-refractivity contribution is -0.384. The summed E-state index contributed by atoms with van der Waals surface area (Å²) in [6.45, 7) is 12.1. The van der Waals surface area contributed by atoms with E-state index in [1.807, 2.05) is 53.7 Å². The van der Waals surface area contributed by atoms with Gasteiger partial charge in [0.2, 0.25) is 0 Å². The third-order valence-electron chi connectivity index (χ3n) is 6.25. The topological polar surface area (TPSA) is 81.5 Å². The summed E-state index contributed by atoms with van der Waals surface area (Å²) in [6, 6.07) is 11.7. The fourth-order valence-electron chi connectivity index (χ4n) is 4.47. The molecule has 34 heavy (non-hydrogen) atoms. The number of ketones is 1. The summed E-state index contributed by atoms with van der Waals surface area (Å²) >= 11 is 6.29. The van der Waals surface area contributed by atoms with Crippen molar-refractivity contribution in [3.63, 3.8) is 0 Å². The Hall–Kier alpha value is -3.12. The van der Waals surface area contributed by atoms with Gasteiger partial charge in [0.25, 0.3) is 5.69 Å². The first kappa shape index (κ1) is 24.0. The highest BCUT2D eigenvalue weighted by atomic mass is 35.5. The van der Waals surface area contributed by atoms with Crippen LogP contribution < -0.4 is 10.1 Å². The number of hydrogen-bond donors (Lipinski definition) is 1. The van der Waals surface area contributed by atoms with E-state index in [4.69, 9.17) is 16.3 Å². The molecule has 4 rings (SSSR count). The molecule has 0 unspecified atom stereocenters. The van der Waals surface area contributed by atoms with E-state index in [9.17, 15) is 14.9 Å². The summed E-state index contributed by atoms with van der Waals surface area (Å²) in [6.07, 6.45) is 3.34. The molecule has 1 atom stereocenters. The second-order valence-electron chi connectivity index (χ2n) is 11.0. The molecule has 0 bridgehead atoms. The quantitative estimate of drug-likeness (QED) is 0.367. The minimum Gasteiger partial charge on any atom is -0.480 e. The molecule has 0 saturated heterocycles. The van der Waals surface area contributed by atoms with Gasteiger partial charge < -0.3 is 10.1 Å². The second kappa shape index (κ2) is 7.98. The number of nitrogens with zero attached hydrogens (tertiary/aromatic N) is 1. The summed E-state index contributed by atoms with van der Waals surface area (Å²) in [5.74, 6) is 0.637. The van der Waals surface area contributed by atoms with Crippen molar-refractivity contribution in [3.8, 4) is 5.75 Å². The van der Waals surface area contributed by atoms with Gasteiger partial charge in [0, 0.05) is 28.3 Å². The summed E-state index contributed by atoms with van der Waals surface area (Å²) in [5, 5.41) is 15.4. The van der Waals surface area contributed by atoms with Crippen molar-refractivity contribution in [1.82, 2.24) is 0 Å². The summed E-state index contributed by atoms with van der Waals surface area (Å²) in [4.78, 5) is 24.4. The monoisotopic (exact) mass is 480 g/mol. The van der Waals surface area contributed by atoms with Gasteiger partial charge in [0.15, 0.2) is 11.9 Å². The Labute approximate surface area is 204 Å². The number of Topliss-reactive ketones (excluding diaryl/α,β-unsaturated/α-hetero) is 1. The van der Waals surface area contributed by atoms with Crippen molar-refractivity contribution in [2.24, 2.45) is 10.8 Å². The highest BCUT2D eigenvalue weighted by molar-refractivity contribution is 6.31. The van der Waals surface area contributed by atoms with Gasteiger partial charge in [-0.15, -0.1) is 0 Å². The lowest BCUT2D eigenvalue weighted by Gasteiger charge is -2.47. The van der Waals surface area contributed by atoms with Crippen molar-refractivity contribution in [2.75, 3.05) is 5.32 Å². The predicted molar refractivity (Wildman–Crippen MR) is 134 cm³/mol. The maximum atomic E-state index is 13.6. The van der Waals surface area contributed by atoms with Crippen LogP contribution >= 0.6 is 11.6 Å². The van der Waals surface area contributed by atoms with Gasteiger partial charge >= 0.3 is 0 Å². The van der Waals surface area contributed by atoms with Crippen LogP contribution in [0, 0.1) is 20.9 Å². The number of carbonyl (C=O) groups is 1. The molecule has 0 saturated carbocycles. The van der Waals surface area contributed by atoms with Crippen molar-refractivity contribution < 1.29 is 14.5 Å². The van der Waals surface area contributed by atoms with Crippen LogP contribution in [-0.2, 0) is 4.79 Å². The third-order valence-corrected chi connectivity index (χ3v) is 6.48. The van der Waals surface area contributed by atoms with Crippen LogP contribution in [0.25, 0.3) is 0 Å². The molecule has 6 nitrogen and oxygen atoms in total. The number of anilines is 1. The van der Waals surface area contributed by atoms with Crippen LogP contribution in [0.5, 0.6) is 5.75 Å². The van der Waals surface area contributed by atoms with Crippen LogP contribution in [-0.4, -0.2) is 16.2 Å². The number of benzene rings is 2. The van der Waals surface area contributed by atoms with Gasteiger partial charge in [-0.3, -0.25) is 14.9 Å². The molecular weight excluding hydrogens is 452 g/mol. The molecule has 2 aliphatic rings. The number of nitro groups is 1. The summed E-state index contributed by atoms with van der Waals surface area (Å²) in [7, 11) is 0. The second-order valence-corrected chi connectivity index (χ2v) is 11.4. The molecule has 7 heteroatoms. The fourth-order valence-corrected chi connectivity index (χ4v) is 4.65. The minimum absolute atomic E-state index is 0.00409. The summed E-state index contributed by atoms with van der Waals surface area (Å²) < 4.78 is 6.53. The van der Waals surface area contributed by atoms with Gasteiger partial charge in [-0.2, -0.15) is 0 Å². The van der Waals surface area contributed by atoms with E-state index in [1.165, 1.54) is 12.1 Å². The average molecular weight is 481 g/mol. The van der Waals surface area contributed by atoms with E-state index in [0.29, 0.717) is 27.6 Å². The normalized spacial score (nSPS) is 19.5. The van der Waals surface area contributed by atoms with Crippen molar-refractivity contribution in [2.45, 2.75) is 53.2 Å². The average Bonchev–Trinajstić information content (AvgIpc) is 2.73. The third kappa shape index (κ3) is 4.23. The zero-order valence-electron chi connectivity index (χ0n) is 20.2. The molecule has 1 aliphatic carbocycles. The first-order valence-electron chi connectivity index (χ1n) is 11.2. The Kier molecular flexibility index (Phi) is 5.64. The largest absolute Gasteiger partial charge is 0.480 e. The number of nitro benzene ring substituents is 1. The van der Waals surface area contributed by atoms with E-state index >= 15 is 0 Å². The molecule has 2 aromatic carbocycles. The van der Waals surface area contributed by atoms with E-state index in [-0.39, 0.29) is 11.5 Å². The van der Waals surface area contributed by atoms with E-state index in [0.717, 1.165) is 5.56 Å². The van der Waals surface area contributed by atoms with Gasteiger partial charge in [0.05, 0.1) is 10.6 Å². The zero-order valence-corrected chi connectivity index (χ0v) is 21.0. The SMILES string of the molecule is CC(C)(C)C1=CC2(C=C(C(C)(C)C)C1=O)Nc1cc(Cl)ccc1O[C@@H]2c1ccc([N+](=O)[O-])cc1. The maximum absolute atomic E-state index is 13.6. The van der Waals surface area contributed by atoms with Crippen molar-refractivity contribution in [3.05, 3.63) is 86.5 Å². The van der Waals surface area contributed by atoms with Gasteiger partial charge in [-0.1, -0.05) is 53.1 Å². The Morgan fingerprint density at radius 2 is 1.53 bits per heavy atom. The van der Waals surface area contributed by atoms with E-state index in [1.54, 1.807) is 30.3 Å². The lowest BCUT2D eigenvalue weighted by atomic mass is 9.67. The molecule has 1 N–H and O–H groups in total. The van der Waals surface area contributed by atoms with E-state index < -0.39 is 27.4 Å². The standard InChI is InChI=1S/C27H29ClN2O4/c1-25(2,3)19-14-27(15-20(23(19)31)26(4,5)6)24(16-7-10-18(11-8-16)30(32)33)34-22-12-9-17(28)13-21(22)29-27/h7-15,24,29H,1-6H3/t24-/m1/s1. The smallest absolute Gasteiger partial charge is 0.269 e. The molecule has 1 heterocycles. The first-order valence-corrected chi connectivity index (χ1v) is 11.6. The predicted octanol–water partition coefficient (Wildman–Crippen LogP) is 7.06. The minimum atomic E-state index is -0.910. The molecule has 0 amide bonds. The Morgan fingerprint density at radius 3 is 2.03 bits per heavy atom. The molecule has 0 fully saturated rings. The van der Waals surface area contributed by atoms with Crippen LogP contribution in [0.3, 0.4) is 0 Å². The molecular formula is C27H29ClN2O4. The Morgan fingerprint density at radius 1 is 0.971 bits per heavy atom. The molecule has 178 valence electrons. The number of non-ortho nitro benzene ring substituents is 1. The number of allylic oxidation sites excluding steroid dienone is 2. The van der Waals surface area contributed by atoms with Crippen molar-refractivity contribution in [1.29, 1.82) is 0 Å². The number of hydrogen-bond acceptors (Lipinski definition) is 5. The number of nitrogens with one attached hydrogen (secondary N) is 1. The van der Waals surface area contributed by atoms with Crippen LogP contribution in [0.4, 0.5) is 11.4 Å². The molecule has 0 radical (unpaired) electrons. The maximum Gasteiger partial charge on any atom is 0.269 e. The van der Waals surface area contributed by atoms with Crippen LogP contribution in [0.2, 0.25) is 5.02 Å². The van der Waals surface area contributed by atoms with E-state index in [2.05, 4.69) is 5.32 Å². The molecule has 1 spiro atoms. The number of ether oxygens (including phenoxy) is 1. The Balaban J connectivity index is 1.99. The van der Waals surface area contributed by atoms with Gasteiger partial charge in [-0.05, 0) is 58.9 Å². The van der Waals surface area contributed by atoms with Crippen LogP contribution in [0.15, 0.2) is 65.8 Å². The number of halogens is 1. The Bertz CT molecular complexity index is 1200. The van der Waals surface area contributed by atoms with Gasteiger partial charge in [0.1, 0.15) is 11.3 Å². The van der Waals surface area contributed by atoms with Crippen molar-refractivity contribution >= 4 is 28.8 Å². The number of rotatable bonds is 2. The molecule has 2 aromatic rings. The lowest BCUT2D eigenvalue weighted by Crippen LogP contribution is -2.50. The highest BCUT2D eigenvalue weighted by Crippen LogP contribution is 2.50.